The van der Waals surface area contributed by atoms with Crippen LogP contribution < -0.4 is 15.4 Å². The number of nitrogens with zero attached hydrogens (tertiary/aromatic N) is 2. The molecule has 4 aromatic rings. The van der Waals surface area contributed by atoms with Crippen molar-refractivity contribution in [3.05, 3.63) is 77.9 Å². The molecule has 3 aromatic carbocycles. The molecule has 2 N–H and O–H groups in total. The first-order valence-electron chi connectivity index (χ1n) is 11.2. The zero-order chi connectivity index (χ0) is 25.9. The molecule has 0 fully saturated rings. The normalized spacial score (nSPS) is 11.2. The van der Waals surface area contributed by atoms with Crippen molar-refractivity contribution in [2.24, 2.45) is 0 Å². The number of carbonyl (C=O) groups is 1. The maximum absolute atomic E-state index is 13.0. The van der Waals surface area contributed by atoms with E-state index in [9.17, 15) is 23.2 Å². The number of alkyl halides is 3. The predicted molar refractivity (Wildman–Crippen MR) is 133 cm³/mol. The third-order valence-corrected chi connectivity index (χ3v) is 5.67. The number of carbonyl (C=O) groups excluding carboxylic acids is 1. The molecule has 6 nitrogen and oxygen atoms in total. The Morgan fingerprint density at radius 3 is 2.36 bits per heavy atom. The number of ether oxygens (including phenoxy) is 1. The van der Waals surface area contributed by atoms with E-state index in [2.05, 4.69) is 21.3 Å². The van der Waals surface area contributed by atoms with Crippen molar-refractivity contribution in [1.29, 1.82) is 5.26 Å². The lowest BCUT2D eigenvalue weighted by Crippen LogP contribution is -2.19. The Hall–Kier alpha value is -4.45. The van der Waals surface area contributed by atoms with Crippen molar-refractivity contribution in [1.82, 2.24) is 4.57 Å². The lowest BCUT2D eigenvalue weighted by molar-refractivity contribution is -0.137. The Balaban J connectivity index is 1.67. The molecule has 1 aromatic heterocycles. The predicted octanol–water partition coefficient (Wildman–Crippen LogP) is 7.26. The van der Waals surface area contributed by atoms with Crippen molar-refractivity contribution in [2.75, 3.05) is 17.7 Å². The molecule has 36 heavy (non-hydrogen) atoms. The van der Waals surface area contributed by atoms with Crippen LogP contribution in [0.1, 0.15) is 24.5 Å². The van der Waals surface area contributed by atoms with Gasteiger partial charge in [-0.2, -0.15) is 18.4 Å². The van der Waals surface area contributed by atoms with Crippen molar-refractivity contribution in [3.63, 3.8) is 0 Å². The van der Waals surface area contributed by atoms with Crippen LogP contribution in [-0.2, 0) is 12.7 Å². The number of anilines is 2. The smallest absolute Gasteiger partial charge is 0.416 e. The molecule has 0 spiro atoms. The van der Waals surface area contributed by atoms with E-state index in [1.54, 1.807) is 25.3 Å². The van der Waals surface area contributed by atoms with Crippen molar-refractivity contribution in [2.45, 2.75) is 26.1 Å². The lowest BCUT2D eigenvalue weighted by Gasteiger charge is -2.13. The molecule has 0 aliphatic heterocycles. The molecule has 2 amide bonds. The Bertz CT molecular complexity index is 1470. The average molecular weight is 493 g/mol. The lowest BCUT2D eigenvalue weighted by atomic mass is 10.1. The molecule has 184 valence electrons. The van der Waals surface area contributed by atoms with E-state index in [4.69, 9.17) is 4.74 Å². The summed E-state index contributed by atoms with van der Waals surface area (Å²) in [6, 6.07) is 18.6. The third kappa shape index (κ3) is 4.98. The number of rotatable bonds is 6. The van der Waals surface area contributed by atoms with Gasteiger partial charge in [0.15, 0.2) is 0 Å². The first-order valence-corrected chi connectivity index (χ1v) is 11.2. The van der Waals surface area contributed by atoms with E-state index >= 15 is 0 Å². The number of amides is 2. The number of hydrogen-bond acceptors (Lipinski definition) is 3. The quantitative estimate of drug-likeness (QED) is 0.297. The van der Waals surface area contributed by atoms with Gasteiger partial charge in [-0.05, 0) is 55.0 Å². The van der Waals surface area contributed by atoms with Gasteiger partial charge in [-0.25, -0.2) is 4.79 Å². The van der Waals surface area contributed by atoms with Crippen LogP contribution in [0.2, 0.25) is 0 Å². The number of methoxy groups -OCH3 is 1. The minimum absolute atomic E-state index is 0.0160. The summed E-state index contributed by atoms with van der Waals surface area (Å²) in [6.45, 7) is 2.72. The highest BCUT2D eigenvalue weighted by atomic mass is 19.4. The second-order valence-electron chi connectivity index (χ2n) is 8.11. The van der Waals surface area contributed by atoms with Crippen LogP contribution in [-0.4, -0.2) is 17.7 Å². The summed E-state index contributed by atoms with van der Waals surface area (Å²) in [4.78, 5) is 12.5. The molecule has 0 radical (unpaired) electrons. The first-order chi connectivity index (χ1) is 17.2. The van der Waals surface area contributed by atoms with Crippen molar-refractivity contribution < 1.29 is 22.7 Å². The van der Waals surface area contributed by atoms with Gasteiger partial charge in [0.05, 0.1) is 29.4 Å². The number of benzene rings is 3. The van der Waals surface area contributed by atoms with Gasteiger partial charge in [-0.1, -0.05) is 25.1 Å². The molecule has 0 aliphatic rings. The zero-order valence-corrected chi connectivity index (χ0v) is 19.6. The Kier molecular flexibility index (Phi) is 6.88. The molecule has 9 heteroatoms. The largest absolute Gasteiger partial charge is 0.497 e. The summed E-state index contributed by atoms with van der Waals surface area (Å²) >= 11 is 0. The minimum Gasteiger partial charge on any atom is -0.497 e. The minimum atomic E-state index is -4.51. The molecular weight excluding hydrogens is 469 g/mol. The number of fused-ring (bicyclic) bond motifs is 1. The highest BCUT2D eigenvalue weighted by Crippen LogP contribution is 2.36. The molecule has 0 saturated heterocycles. The number of nitriles is 1. The summed E-state index contributed by atoms with van der Waals surface area (Å²) in [7, 11) is 1.57. The van der Waals surface area contributed by atoms with E-state index in [-0.39, 0.29) is 5.69 Å². The third-order valence-electron chi connectivity index (χ3n) is 5.67. The number of halogens is 3. The molecule has 0 atom stereocenters. The summed E-state index contributed by atoms with van der Waals surface area (Å²) in [5.74, 6) is 0.640. The highest BCUT2D eigenvalue weighted by Gasteiger charge is 2.30. The van der Waals surface area contributed by atoms with Gasteiger partial charge in [-0.3, -0.25) is 0 Å². The number of hydrogen-bond donors (Lipinski definition) is 2. The summed E-state index contributed by atoms with van der Waals surface area (Å²) < 4.78 is 46.3. The number of aryl methyl sites for hydroxylation is 1. The molecule has 0 saturated carbocycles. The van der Waals surface area contributed by atoms with E-state index in [1.807, 2.05) is 31.2 Å². The number of urea groups is 1. The fourth-order valence-corrected chi connectivity index (χ4v) is 4.14. The number of nitrogens with one attached hydrogen (secondary N) is 2. The van der Waals surface area contributed by atoms with Gasteiger partial charge in [0.2, 0.25) is 0 Å². The van der Waals surface area contributed by atoms with Crippen molar-refractivity contribution in [3.8, 4) is 23.1 Å². The SMILES string of the molecule is CCCn1c(-c2cccc(NC(=O)Nc3cccc(C(F)(F)F)c3)c2)c(C#N)c2cc(OC)ccc21. The number of aromatic nitrogens is 1. The standard InChI is InChI=1S/C27H23F3N4O2/c1-3-12-34-24-11-10-21(36-2)15-22(24)23(16-31)25(34)17-6-4-8-19(13-17)32-26(35)33-20-9-5-7-18(14-20)27(28,29)30/h4-11,13-15H,3,12H2,1-2H3,(H2,32,33,35). The van der Waals surface area contributed by atoms with Crippen LogP contribution in [0.5, 0.6) is 5.75 Å². The maximum Gasteiger partial charge on any atom is 0.416 e. The van der Waals surface area contributed by atoms with Gasteiger partial charge in [0, 0.05) is 28.9 Å². The van der Waals surface area contributed by atoms with Crippen molar-refractivity contribution >= 4 is 28.3 Å². The molecule has 0 bridgehead atoms. The van der Waals surface area contributed by atoms with E-state index in [0.29, 0.717) is 34.8 Å². The second kappa shape index (κ2) is 10.0. The zero-order valence-electron chi connectivity index (χ0n) is 19.6. The molecule has 1 heterocycles. The van der Waals surface area contributed by atoms with Crippen LogP contribution in [0.25, 0.3) is 22.2 Å². The fraction of sp³-hybridized carbons (Fsp3) is 0.185. The van der Waals surface area contributed by atoms with Crippen LogP contribution in [0.3, 0.4) is 0 Å². The molecule has 0 aliphatic carbocycles. The van der Waals surface area contributed by atoms with Crippen LogP contribution in [0, 0.1) is 11.3 Å². The summed E-state index contributed by atoms with van der Waals surface area (Å²) in [5, 5.41) is 15.9. The Morgan fingerprint density at radius 1 is 1.03 bits per heavy atom. The monoisotopic (exact) mass is 492 g/mol. The average Bonchev–Trinajstić information content (AvgIpc) is 3.16. The summed E-state index contributed by atoms with van der Waals surface area (Å²) in [6.07, 6.45) is -3.67. The van der Waals surface area contributed by atoms with E-state index in [0.717, 1.165) is 29.5 Å². The topological polar surface area (TPSA) is 79.1 Å². The maximum atomic E-state index is 13.0. The van der Waals surface area contributed by atoms with Gasteiger partial charge in [-0.15, -0.1) is 0 Å². The van der Waals surface area contributed by atoms with Gasteiger partial charge >= 0.3 is 12.2 Å². The van der Waals surface area contributed by atoms with Gasteiger partial charge in [0.25, 0.3) is 0 Å². The van der Waals surface area contributed by atoms with Crippen LogP contribution in [0.15, 0.2) is 66.7 Å². The van der Waals surface area contributed by atoms with Gasteiger partial charge in [0.1, 0.15) is 11.8 Å². The molecule has 0 unspecified atom stereocenters. The van der Waals surface area contributed by atoms with Crippen LogP contribution in [0.4, 0.5) is 29.3 Å². The second-order valence-corrected chi connectivity index (χ2v) is 8.11. The molecular formula is C27H23F3N4O2. The Labute approximate surface area is 205 Å². The van der Waals surface area contributed by atoms with E-state index in [1.165, 1.54) is 12.1 Å². The summed E-state index contributed by atoms with van der Waals surface area (Å²) in [5.41, 5.74) is 2.39. The first kappa shape index (κ1) is 24.7. The van der Waals surface area contributed by atoms with Gasteiger partial charge < -0.3 is 19.9 Å². The Morgan fingerprint density at radius 2 is 1.72 bits per heavy atom. The highest BCUT2D eigenvalue weighted by molar-refractivity contribution is 6.01. The van der Waals surface area contributed by atoms with E-state index < -0.39 is 17.8 Å². The molecule has 4 rings (SSSR count). The fourth-order valence-electron chi connectivity index (χ4n) is 4.14. The van der Waals surface area contributed by atoms with Crippen LogP contribution >= 0.6 is 0 Å².